The van der Waals surface area contributed by atoms with Crippen LogP contribution in [0.2, 0.25) is 0 Å². The molecule has 25 heavy (non-hydrogen) atoms. The van der Waals surface area contributed by atoms with Gasteiger partial charge in [-0.3, -0.25) is 4.79 Å². The number of benzene rings is 1. The number of piperidine rings is 3. The topological polar surface area (TPSA) is 52.7 Å². The molecule has 5 heteroatoms. The molecule has 3 amide bonds. The lowest BCUT2D eigenvalue weighted by molar-refractivity contribution is -0.119. The number of hydrogen-bond acceptors (Lipinski definition) is 3. The number of carbonyl (C=O) groups is 2. The molecule has 2 aliphatic carbocycles. The highest BCUT2D eigenvalue weighted by Crippen LogP contribution is 2.57. The van der Waals surface area contributed by atoms with Crippen LogP contribution in [0.15, 0.2) is 24.3 Å². The van der Waals surface area contributed by atoms with Crippen molar-refractivity contribution >= 4 is 17.6 Å². The van der Waals surface area contributed by atoms with Gasteiger partial charge in [-0.05, 0) is 55.1 Å². The monoisotopic (exact) mass is 337 g/mol. The third-order valence-electron chi connectivity index (χ3n) is 7.31. The third-order valence-corrected chi connectivity index (χ3v) is 7.31. The minimum absolute atomic E-state index is 0.0150. The van der Waals surface area contributed by atoms with E-state index >= 15 is 0 Å². The molecule has 1 N–H and O–H groups in total. The number of urea groups is 1. The van der Waals surface area contributed by atoms with Crippen LogP contribution in [0.5, 0.6) is 0 Å². The molecule has 2 unspecified atom stereocenters. The van der Waals surface area contributed by atoms with Gasteiger partial charge in [0.1, 0.15) is 0 Å². The van der Waals surface area contributed by atoms with Gasteiger partial charge in [0, 0.05) is 25.7 Å². The molecule has 1 aromatic rings. The maximum absolute atomic E-state index is 13.1. The van der Waals surface area contributed by atoms with Crippen LogP contribution in [0.4, 0.5) is 10.5 Å². The number of nitrogens with zero attached hydrogens (tertiary/aromatic N) is 2. The van der Waals surface area contributed by atoms with Crippen LogP contribution in [-0.2, 0) is 10.2 Å². The van der Waals surface area contributed by atoms with E-state index in [-0.39, 0.29) is 18.0 Å². The molecule has 0 radical (unpaired) electrons. The predicted octanol–water partition coefficient (Wildman–Crippen LogP) is 2.11. The highest BCUT2D eigenvalue weighted by Gasteiger charge is 2.61. The number of anilines is 1. The summed E-state index contributed by atoms with van der Waals surface area (Å²) in [6.45, 7) is 3.45. The van der Waals surface area contributed by atoms with Crippen LogP contribution in [0.1, 0.15) is 31.2 Å². The molecule has 2 saturated carbocycles. The average Bonchev–Trinajstić information content (AvgIpc) is 3.35. The number of para-hydroxylation sites is 1. The molecule has 4 aliphatic heterocycles. The van der Waals surface area contributed by atoms with Gasteiger partial charge in [0.25, 0.3) is 0 Å². The minimum atomic E-state index is -0.399. The Morgan fingerprint density at radius 1 is 1.08 bits per heavy atom. The molecular weight excluding hydrogens is 314 g/mol. The minimum Gasteiger partial charge on any atom is -0.334 e. The van der Waals surface area contributed by atoms with Crippen molar-refractivity contribution in [2.24, 2.45) is 17.8 Å². The summed E-state index contributed by atoms with van der Waals surface area (Å²) in [4.78, 5) is 30.1. The molecular formula is C20H23N3O2. The molecule has 5 fully saturated rings. The molecule has 7 rings (SSSR count). The Hall–Kier alpha value is -1.88. The summed E-state index contributed by atoms with van der Waals surface area (Å²) < 4.78 is 0. The first-order valence-corrected chi connectivity index (χ1v) is 9.63. The number of fused-ring (bicyclic) bond motifs is 2. The largest absolute Gasteiger partial charge is 0.334 e. The van der Waals surface area contributed by atoms with E-state index in [1.807, 2.05) is 24.3 Å². The van der Waals surface area contributed by atoms with Crippen molar-refractivity contribution in [3.8, 4) is 0 Å². The first-order valence-electron chi connectivity index (χ1n) is 9.63. The van der Waals surface area contributed by atoms with Crippen LogP contribution in [0.3, 0.4) is 0 Å². The standard InChI is InChI=1S/C20H23N3O2/c24-18-20(5-6-20)15-3-1-2-4-16(15)23(18)19(25)21-17-13-7-12-8-14(17)11-22(9-12)10-13/h1-4,12-14,17H,5-11H2,(H,21,25). The van der Waals surface area contributed by atoms with Gasteiger partial charge in [0.15, 0.2) is 0 Å². The van der Waals surface area contributed by atoms with Crippen LogP contribution in [0.25, 0.3) is 0 Å². The molecule has 4 bridgehead atoms. The second kappa shape index (κ2) is 4.64. The van der Waals surface area contributed by atoms with E-state index in [4.69, 9.17) is 0 Å². The van der Waals surface area contributed by atoms with Crippen molar-refractivity contribution in [3.63, 3.8) is 0 Å². The Kier molecular flexibility index (Phi) is 2.65. The number of hydrogen-bond donors (Lipinski definition) is 1. The van der Waals surface area contributed by atoms with Crippen molar-refractivity contribution in [3.05, 3.63) is 29.8 Å². The van der Waals surface area contributed by atoms with E-state index in [0.717, 1.165) is 43.1 Å². The summed E-state index contributed by atoms with van der Waals surface area (Å²) in [7, 11) is 0. The van der Waals surface area contributed by atoms with Gasteiger partial charge in [0.05, 0.1) is 11.1 Å². The molecule has 2 atom stereocenters. The van der Waals surface area contributed by atoms with Crippen molar-refractivity contribution < 1.29 is 9.59 Å². The summed E-state index contributed by atoms with van der Waals surface area (Å²) in [5.41, 5.74) is 1.45. The fraction of sp³-hybridized carbons (Fsp3) is 0.600. The van der Waals surface area contributed by atoms with E-state index in [0.29, 0.717) is 11.8 Å². The van der Waals surface area contributed by atoms with Gasteiger partial charge in [-0.25, -0.2) is 9.69 Å². The van der Waals surface area contributed by atoms with Crippen molar-refractivity contribution in [1.29, 1.82) is 0 Å². The van der Waals surface area contributed by atoms with E-state index in [2.05, 4.69) is 10.2 Å². The first kappa shape index (κ1) is 14.3. The Morgan fingerprint density at radius 2 is 1.80 bits per heavy atom. The Balaban J connectivity index is 1.29. The molecule has 4 heterocycles. The van der Waals surface area contributed by atoms with Gasteiger partial charge in [-0.2, -0.15) is 0 Å². The van der Waals surface area contributed by atoms with Crippen molar-refractivity contribution in [2.75, 3.05) is 24.5 Å². The second-order valence-corrected chi connectivity index (χ2v) is 8.79. The molecule has 0 aromatic heterocycles. The fourth-order valence-electron chi connectivity index (χ4n) is 6.17. The van der Waals surface area contributed by atoms with E-state index in [1.54, 1.807) is 0 Å². The quantitative estimate of drug-likeness (QED) is 0.854. The highest BCUT2D eigenvalue weighted by molar-refractivity contribution is 6.23. The zero-order valence-electron chi connectivity index (χ0n) is 14.3. The molecule has 1 spiro atoms. The molecule has 1 aromatic carbocycles. The lowest BCUT2D eigenvalue weighted by Crippen LogP contribution is -2.65. The summed E-state index contributed by atoms with van der Waals surface area (Å²) >= 11 is 0. The van der Waals surface area contributed by atoms with Crippen LogP contribution < -0.4 is 10.2 Å². The molecule has 6 aliphatic rings. The Morgan fingerprint density at radius 3 is 2.48 bits per heavy atom. The van der Waals surface area contributed by atoms with Crippen LogP contribution >= 0.6 is 0 Å². The first-order chi connectivity index (χ1) is 12.2. The normalized spacial score (nSPS) is 39.0. The fourth-order valence-corrected chi connectivity index (χ4v) is 6.17. The zero-order chi connectivity index (χ0) is 16.8. The van der Waals surface area contributed by atoms with Gasteiger partial charge >= 0.3 is 6.03 Å². The summed E-state index contributed by atoms with van der Waals surface area (Å²) in [5.74, 6) is 1.91. The second-order valence-electron chi connectivity index (χ2n) is 8.79. The van der Waals surface area contributed by atoms with E-state index in [1.165, 1.54) is 24.3 Å². The van der Waals surface area contributed by atoms with Crippen LogP contribution in [-0.4, -0.2) is 42.5 Å². The Bertz CT molecular complexity index is 757. The van der Waals surface area contributed by atoms with Crippen molar-refractivity contribution in [1.82, 2.24) is 10.2 Å². The third kappa shape index (κ3) is 1.82. The highest BCUT2D eigenvalue weighted by atomic mass is 16.2. The number of rotatable bonds is 1. The maximum Gasteiger partial charge on any atom is 0.329 e. The molecule has 3 saturated heterocycles. The SMILES string of the molecule is O=C(NC1C2CC3CC1CN(C3)C2)N1C(=O)C2(CC2)c2ccccc21. The lowest BCUT2D eigenvalue weighted by Gasteiger charge is -2.56. The van der Waals surface area contributed by atoms with Gasteiger partial charge in [0.2, 0.25) is 5.91 Å². The van der Waals surface area contributed by atoms with Gasteiger partial charge < -0.3 is 10.2 Å². The van der Waals surface area contributed by atoms with Crippen molar-refractivity contribution in [2.45, 2.75) is 37.1 Å². The summed E-state index contributed by atoms with van der Waals surface area (Å²) in [5, 5.41) is 3.28. The summed E-state index contributed by atoms with van der Waals surface area (Å²) in [6, 6.07) is 7.86. The average molecular weight is 337 g/mol. The number of nitrogens with one attached hydrogen (secondary N) is 1. The van der Waals surface area contributed by atoms with Gasteiger partial charge in [-0.15, -0.1) is 0 Å². The number of amides is 3. The number of carbonyl (C=O) groups excluding carboxylic acids is 2. The lowest BCUT2D eigenvalue weighted by atomic mass is 9.65. The maximum atomic E-state index is 13.1. The number of imide groups is 1. The molecule has 5 nitrogen and oxygen atoms in total. The smallest absolute Gasteiger partial charge is 0.329 e. The van der Waals surface area contributed by atoms with Crippen LogP contribution in [0, 0.1) is 17.8 Å². The molecule has 130 valence electrons. The van der Waals surface area contributed by atoms with E-state index in [9.17, 15) is 9.59 Å². The summed E-state index contributed by atoms with van der Waals surface area (Å²) in [6.07, 6.45) is 4.20. The predicted molar refractivity (Wildman–Crippen MR) is 93.3 cm³/mol. The Labute approximate surface area is 147 Å². The van der Waals surface area contributed by atoms with Gasteiger partial charge in [-0.1, -0.05) is 18.2 Å². The van der Waals surface area contributed by atoms with E-state index < -0.39 is 5.41 Å². The zero-order valence-corrected chi connectivity index (χ0v) is 14.3.